The van der Waals surface area contributed by atoms with Gasteiger partial charge in [0.25, 0.3) is 5.92 Å². The summed E-state index contributed by atoms with van der Waals surface area (Å²) in [4.78, 5) is 8.00. The van der Waals surface area contributed by atoms with Crippen molar-refractivity contribution in [1.29, 1.82) is 0 Å². The Kier molecular flexibility index (Phi) is 7.03. The Hall–Kier alpha value is -3.11. The number of aromatic nitrogens is 2. The van der Waals surface area contributed by atoms with E-state index in [4.69, 9.17) is 11.6 Å². The fourth-order valence-electron chi connectivity index (χ4n) is 3.78. The van der Waals surface area contributed by atoms with E-state index in [1.807, 2.05) is 0 Å². The summed E-state index contributed by atoms with van der Waals surface area (Å²) in [5.74, 6) is -4.32. The highest BCUT2D eigenvalue weighted by molar-refractivity contribution is 7.13. The van der Waals surface area contributed by atoms with Gasteiger partial charge in [0, 0.05) is 30.5 Å². The molecule has 0 aliphatic rings. The van der Waals surface area contributed by atoms with Crippen molar-refractivity contribution in [2.45, 2.75) is 31.0 Å². The fourth-order valence-corrected chi connectivity index (χ4v) is 4.69. The van der Waals surface area contributed by atoms with Gasteiger partial charge in [0.05, 0.1) is 10.7 Å². The maximum Gasteiger partial charge on any atom is 0.434 e. The lowest BCUT2D eigenvalue weighted by Gasteiger charge is -2.36. The SMILES string of the molecule is CC(F)(F)c1cc(F)cc(C(Cc2ccccc2)(Nc2nc(C(F)(F)F)cs2)c2ccc(Cl)cn2)c1. The minimum atomic E-state index is -4.69. The molecule has 2 aromatic carbocycles. The Balaban J connectivity index is 1.98. The maximum atomic E-state index is 14.7. The van der Waals surface area contributed by atoms with E-state index < -0.39 is 34.7 Å². The highest BCUT2D eigenvalue weighted by Crippen LogP contribution is 2.41. The van der Waals surface area contributed by atoms with Gasteiger partial charge in [-0.25, -0.2) is 18.2 Å². The van der Waals surface area contributed by atoms with Crippen LogP contribution >= 0.6 is 22.9 Å². The van der Waals surface area contributed by atoms with Crippen LogP contribution < -0.4 is 5.32 Å². The van der Waals surface area contributed by atoms with E-state index in [9.17, 15) is 26.3 Å². The fraction of sp³-hybridized carbons (Fsp3) is 0.200. The summed E-state index contributed by atoms with van der Waals surface area (Å²) >= 11 is 6.70. The Bertz CT molecular complexity index is 1340. The number of rotatable bonds is 7. The van der Waals surface area contributed by atoms with Crippen molar-refractivity contribution in [3.63, 3.8) is 0 Å². The van der Waals surface area contributed by atoms with Crippen LogP contribution in [-0.4, -0.2) is 9.97 Å². The molecule has 2 heterocycles. The Labute approximate surface area is 211 Å². The molecule has 0 amide bonds. The van der Waals surface area contributed by atoms with Crippen molar-refractivity contribution in [3.05, 3.63) is 111 Å². The van der Waals surface area contributed by atoms with Crippen LogP contribution in [0.15, 0.2) is 72.2 Å². The van der Waals surface area contributed by atoms with E-state index in [1.54, 1.807) is 30.3 Å². The predicted octanol–water partition coefficient (Wildman–Crippen LogP) is 8.06. The molecule has 0 spiro atoms. The average molecular weight is 542 g/mol. The molecule has 1 N–H and O–H groups in total. The molecule has 4 aromatic rings. The number of nitrogens with one attached hydrogen (secondary N) is 1. The van der Waals surface area contributed by atoms with Crippen LogP contribution in [-0.2, 0) is 24.1 Å². The molecule has 0 bridgehead atoms. The molecule has 0 radical (unpaired) electrons. The van der Waals surface area contributed by atoms with Gasteiger partial charge in [-0.15, -0.1) is 11.3 Å². The van der Waals surface area contributed by atoms with Crippen LogP contribution in [0.25, 0.3) is 0 Å². The molecular weight excluding hydrogens is 524 g/mol. The Morgan fingerprint density at radius 2 is 1.61 bits per heavy atom. The minimum absolute atomic E-state index is 0.0155. The molecular formula is C25H18ClF6N3S. The van der Waals surface area contributed by atoms with Gasteiger partial charge >= 0.3 is 6.18 Å². The summed E-state index contributed by atoms with van der Waals surface area (Å²) in [5.41, 5.74) is -2.37. The average Bonchev–Trinajstić information content (AvgIpc) is 3.28. The number of nitrogens with zero attached hydrogens (tertiary/aromatic N) is 2. The van der Waals surface area contributed by atoms with Gasteiger partial charge in [-0.3, -0.25) is 4.98 Å². The van der Waals surface area contributed by atoms with Crippen LogP contribution in [0.3, 0.4) is 0 Å². The van der Waals surface area contributed by atoms with Crippen molar-refractivity contribution >= 4 is 28.1 Å². The van der Waals surface area contributed by atoms with Crippen molar-refractivity contribution < 1.29 is 26.3 Å². The molecule has 0 saturated carbocycles. The summed E-state index contributed by atoms with van der Waals surface area (Å²) < 4.78 is 83.1. The normalized spacial score (nSPS) is 13.9. The molecule has 2 aromatic heterocycles. The highest BCUT2D eigenvalue weighted by Gasteiger charge is 2.40. The second kappa shape index (κ2) is 9.74. The van der Waals surface area contributed by atoms with Gasteiger partial charge in [0.15, 0.2) is 10.8 Å². The lowest BCUT2D eigenvalue weighted by Crippen LogP contribution is -2.40. The number of halogens is 7. The molecule has 1 unspecified atom stereocenters. The second-order valence-electron chi connectivity index (χ2n) is 8.21. The zero-order valence-electron chi connectivity index (χ0n) is 18.6. The molecule has 3 nitrogen and oxygen atoms in total. The smallest absolute Gasteiger partial charge is 0.346 e. The van der Waals surface area contributed by atoms with E-state index in [1.165, 1.54) is 18.3 Å². The van der Waals surface area contributed by atoms with E-state index >= 15 is 0 Å². The zero-order valence-corrected chi connectivity index (χ0v) is 20.2. The first kappa shape index (κ1) is 26.0. The second-order valence-corrected chi connectivity index (χ2v) is 9.50. The summed E-state index contributed by atoms with van der Waals surface area (Å²) in [5, 5.41) is 3.95. The van der Waals surface area contributed by atoms with Crippen molar-refractivity contribution in [2.24, 2.45) is 0 Å². The topological polar surface area (TPSA) is 37.8 Å². The number of alkyl halides is 5. The summed E-state index contributed by atoms with van der Waals surface area (Å²) in [6.07, 6.45) is -3.36. The maximum absolute atomic E-state index is 14.7. The molecule has 0 aliphatic heterocycles. The third-order valence-electron chi connectivity index (χ3n) is 5.49. The van der Waals surface area contributed by atoms with Gasteiger partial charge in [-0.2, -0.15) is 13.2 Å². The van der Waals surface area contributed by atoms with E-state index in [-0.39, 0.29) is 27.8 Å². The first-order valence-corrected chi connectivity index (χ1v) is 11.8. The predicted molar refractivity (Wildman–Crippen MR) is 127 cm³/mol. The van der Waals surface area contributed by atoms with Crippen LogP contribution in [0.4, 0.5) is 31.5 Å². The lowest BCUT2D eigenvalue weighted by molar-refractivity contribution is -0.140. The molecule has 11 heteroatoms. The number of thiazole rings is 1. The summed E-state index contributed by atoms with van der Waals surface area (Å²) in [6, 6.07) is 14.7. The number of benzene rings is 2. The van der Waals surface area contributed by atoms with Gasteiger partial charge in [0.2, 0.25) is 0 Å². The van der Waals surface area contributed by atoms with Crippen LogP contribution in [0.1, 0.15) is 35.0 Å². The Morgan fingerprint density at radius 1 is 0.917 bits per heavy atom. The molecule has 188 valence electrons. The molecule has 4 rings (SSSR count). The third-order valence-corrected chi connectivity index (χ3v) is 6.47. The van der Waals surface area contributed by atoms with Gasteiger partial charge in [0.1, 0.15) is 11.4 Å². The molecule has 0 saturated heterocycles. The first-order chi connectivity index (χ1) is 16.9. The molecule has 36 heavy (non-hydrogen) atoms. The van der Waals surface area contributed by atoms with Crippen LogP contribution in [0.5, 0.6) is 0 Å². The standard InChI is InChI=1S/C25H18ClF6N3S/c1-23(28,29)16-9-17(11-19(27)10-16)24(12-15-5-3-2-4-6-15,20-8-7-18(26)13-33-20)35-22-34-21(14-36-22)25(30,31)32/h2-11,13-14H,12H2,1H3,(H,34,35). The Morgan fingerprint density at radius 3 is 2.19 bits per heavy atom. The van der Waals surface area contributed by atoms with E-state index in [0.717, 1.165) is 23.6 Å². The third kappa shape index (κ3) is 5.65. The van der Waals surface area contributed by atoms with Crippen molar-refractivity contribution in [2.75, 3.05) is 5.32 Å². The number of hydrogen-bond acceptors (Lipinski definition) is 4. The summed E-state index contributed by atoms with van der Waals surface area (Å²) in [6.45, 7) is 0.634. The number of pyridine rings is 1. The molecule has 1 atom stereocenters. The van der Waals surface area contributed by atoms with E-state index in [0.29, 0.717) is 23.8 Å². The monoisotopic (exact) mass is 541 g/mol. The van der Waals surface area contributed by atoms with Crippen LogP contribution in [0.2, 0.25) is 5.02 Å². The van der Waals surface area contributed by atoms with Gasteiger partial charge in [-0.05, 0) is 41.5 Å². The molecule has 0 fully saturated rings. The van der Waals surface area contributed by atoms with Crippen molar-refractivity contribution in [3.8, 4) is 0 Å². The van der Waals surface area contributed by atoms with Crippen LogP contribution in [0, 0.1) is 5.82 Å². The quantitative estimate of drug-likeness (QED) is 0.240. The lowest BCUT2D eigenvalue weighted by atomic mass is 9.79. The van der Waals surface area contributed by atoms with Gasteiger partial charge < -0.3 is 5.32 Å². The zero-order chi connectivity index (χ0) is 26.1. The number of hydrogen-bond donors (Lipinski definition) is 1. The van der Waals surface area contributed by atoms with E-state index in [2.05, 4.69) is 15.3 Å². The van der Waals surface area contributed by atoms with Gasteiger partial charge in [-0.1, -0.05) is 41.9 Å². The largest absolute Gasteiger partial charge is 0.434 e. The number of anilines is 1. The highest BCUT2D eigenvalue weighted by atomic mass is 35.5. The van der Waals surface area contributed by atoms with Crippen molar-refractivity contribution in [1.82, 2.24) is 9.97 Å². The molecule has 0 aliphatic carbocycles. The first-order valence-electron chi connectivity index (χ1n) is 10.5. The summed E-state index contributed by atoms with van der Waals surface area (Å²) in [7, 11) is 0. The minimum Gasteiger partial charge on any atom is -0.346 e.